The van der Waals surface area contributed by atoms with Gasteiger partial charge in [-0.15, -0.1) is 0 Å². The first-order chi connectivity index (χ1) is 13.4. The highest BCUT2D eigenvalue weighted by Crippen LogP contribution is 2.26. The quantitative estimate of drug-likeness (QED) is 0.518. The van der Waals surface area contributed by atoms with E-state index < -0.39 is 17.2 Å². The summed E-state index contributed by atoms with van der Waals surface area (Å²) < 4.78 is 16.3. The number of aromatic carboxylic acids is 1. The highest BCUT2D eigenvalue weighted by molar-refractivity contribution is 6.42. The fourth-order valence-corrected chi connectivity index (χ4v) is 2.61. The summed E-state index contributed by atoms with van der Waals surface area (Å²) in [6, 6.07) is 6.00. The van der Waals surface area contributed by atoms with Crippen LogP contribution in [-0.4, -0.2) is 24.3 Å². The third-order valence-corrected chi connectivity index (χ3v) is 4.39. The predicted molar refractivity (Wildman–Crippen MR) is 108 cm³/mol. The maximum absolute atomic E-state index is 12.1. The van der Waals surface area contributed by atoms with E-state index in [9.17, 15) is 9.59 Å². The Morgan fingerprint density at radius 1 is 1.11 bits per heavy atom. The van der Waals surface area contributed by atoms with Crippen molar-refractivity contribution in [2.75, 3.05) is 13.2 Å². The van der Waals surface area contributed by atoms with Crippen molar-refractivity contribution in [2.45, 2.75) is 26.2 Å². The molecular weight excluding hydrogens is 407 g/mol. The van der Waals surface area contributed by atoms with Crippen molar-refractivity contribution in [3.05, 3.63) is 62.1 Å². The van der Waals surface area contributed by atoms with Crippen LogP contribution in [0.1, 0.15) is 42.5 Å². The van der Waals surface area contributed by atoms with Gasteiger partial charge in [-0.2, -0.15) is 0 Å². The number of carbonyl (C=O) groups is 1. The molecule has 28 heavy (non-hydrogen) atoms. The van der Waals surface area contributed by atoms with Gasteiger partial charge in [-0.05, 0) is 44.4 Å². The molecule has 1 aromatic carbocycles. The van der Waals surface area contributed by atoms with Gasteiger partial charge in [0.2, 0.25) is 16.9 Å². The van der Waals surface area contributed by atoms with Crippen molar-refractivity contribution in [3.63, 3.8) is 0 Å². The van der Waals surface area contributed by atoms with Gasteiger partial charge in [-0.3, -0.25) is 4.79 Å². The maximum Gasteiger partial charge on any atom is 0.371 e. The van der Waals surface area contributed by atoms with Gasteiger partial charge in [0, 0.05) is 12.1 Å². The first-order valence-corrected chi connectivity index (χ1v) is 9.42. The Balaban J connectivity index is 1.79. The minimum absolute atomic E-state index is 0.00940. The summed E-state index contributed by atoms with van der Waals surface area (Å²) >= 11 is 11.8. The summed E-state index contributed by atoms with van der Waals surface area (Å²) in [5, 5.41) is 9.90. The molecule has 0 aliphatic rings. The van der Waals surface area contributed by atoms with Gasteiger partial charge in [0.05, 0.1) is 23.3 Å². The van der Waals surface area contributed by atoms with Crippen LogP contribution >= 0.6 is 23.2 Å². The number of unbranched alkanes of at least 4 members (excludes halogenated alkanes) is 2. The van der Waals surface area contributed by atoms with Crippen molar-refractivity contribution in [3.8, 4) is 11.5 Å². The van der Waals surface area contributed by atoms with Crippen LogP contribution in [0.15, 0.2) is 39.6 Å². The van der Waals surface area contributed by atoms with E-state index in [0.717, 1.165) is 18.9 Å². The van der Waals surface area contributed by atoms with E-state index in [1.807, 2.05) is 0 Å². The molecule has 1 N–H and O–H groups in total. The molecule has 0 atom stereocenters. The minimum Gasteiger partial charge on any atom is -0.494 e. The van der Waals surface area contributed by atoms with Crippen LogP contribution in [0.25, 0.3) is 6.08 Å². The average molecular weight is 427 g/mol. The molecule has 2 aromatic rings. The number of rotatable bonds is 10. The number of hydrogen-bond donors (Lipinski definition) is 1. The molecule has 0 aliphatic heterocycles. The van der Waals surface area contributed by atoms with Gasteiger partial charge in [-0.1, -0.05) is 29.3 Å². The monoisotopic (exact) mass is 426 g/mol. The van der Waals surface area contributed by atoms with E-state index in [0.29, 0.717) is 35.4 Å². The molecule has 150 valence electrons. The number of carboxylic acid groups (broad SMARTS) is 1. The van der Waals surface area contributed by atoms with Crippen LogP contribution in [0.5, 0.6) is 11.5 Å². The Labute approximate surface area is 172 Å². The van der Waals surface area contributed by atoms with Crippen LogP contribution in [0.3, 0.4) is 0 Å². The lowest BCUT2D eigenvalue weighted by molar-refractivity contribution is 0.0658. The van der Waals surface area contributed by atoms with Gasteiger partial charge in [0.15, 0.2) is 5.76 Å². The third-order valence-electron chi connectivity index (χ3n) is 3.65. The Bertz CT molecular complexity index is 904. The summed E-state index contributed by atoms with van der Waals surface area (Å²) in [5.74, 6) is -0.982. The van der Waals surface area contributed by atoms with Gasteiger partial charge < -0.3 is 19.0 Å². The zero-order valence-corrected chi connectivity index (χ0v) is 16.8. The number of allylic oxidation sites excluding steroid dienone is 1. The van der Waals surface area contributed by atoms with Crippen molar-refractivity contribution in [1.29, 1.82) is 0 Å². The molecule has 0 spiro atoms. The average Bonchev–Trinajstić information content (AvgIpc) is 2.65. The van der Waals surface area contributed by atoms with Gasteiger partial charge >= 0.3 is 5.97 Å². The first kappa shape index (κ1) is 21.9. The highest BCUT2D eigenvalue weighted by Gasteiger charge is 2.15. The second kappa shape index (κ2) is 10.8. The van der Waals surface area contributed by atoms with E-state index in [-0.39, 0.29) is 11.5 Å². The molecule has 0 saturated heterocycles. The lowest BCUT2D eigenvalue weighted by Gasteiger charge is -2.09. The molecule has 0 saturated carbocycles. The zero-order valence-electron chi connectivity index (χ0n) is 15.2. The summed E-state index contributed by atoms with van der Waals surface area (Å²) in [5.41, 5.74) is -0.528. The molecule has 0 amide bonds. The van der Waals surface area contributed by atoms with Crippen molar-refractivity contribution in [2.24, 2.45) is 0 Å². The summed E-state index contributed by atoms with van der Waals surface area (Å²) in [6.07, 6.45) is 5.43. The number of hydrogen-bond acceptors (Lipinski definition) is 5. The summed E-state index contributed by atoms with van der Waals surface area (Å²) in [4.78, 5) is 23.1. The van der Waals surface area contributed by atoms with Crippen LogP contribution in [0, 0.1) is 0 Å². The molecule has 8 heteroatoms. The van der Waals surface area contributed by atoms with E-state index in [1.54, 1.807) is 31.2 Å². The summed E-state index contributed by atoms with van der Waals surface area (Å²) in [7, 11) is 0. The van der Waals surface area contributed by atoms with Crippen LogP contribution in [0.2, 0.25) is 10.0 Å². The first-order valence-electron chi connectivity index (χ1n) is 8.67. The van der Waals surface area contributed by atoms with E-state index in [1.165, 1.54) is 6.08 Å². The standard InChI is InChI=1S/C20H20Cl2O6/c1-2-6-17-19(16(23)12-18(28-17)20(24)25)27-10-5-3-4-9-26-13-7-8-14(21)15(22)11-13/h2,6-8,11-12H,3-5,9-10H2,1H3,(H,24,25)/b6-2-. The molecule has 0 bridgehead atoms. The largest absolute Gasteiger partial charge is 0.494 e. The van der Waals surface area contributed by atoms with Crippen molar-refractivity contribution in [1.82, 2.24) is 0 Å². The van der Waals surface area contributed by atoms with E-state index in [2.05, 4.69) is 0 Å². The lowest BCUT2D eigenvalue weighted by atomic mass is 10.2. The fraction of sp³-hybridized carbons (Fsp3) is 0.300. The smallest absolute Gasteiger partial charge is 0.371 e. The van der Waals surface area contributed by atoms with Gasteiger partial charge in [0.25, 0.3) is 0 Å². The second-order valence-corrected chi connectivity index (χ2v) is 6.62. The molecule has 6 nitrogen and oxygen atoms in total. The van der Waals surface area contributed by atoms with Crippen molar-refractivity contribution >= 4 is 35.2 Å². The fourth-order valence-electron chi connectivity index (χ4n) is 2.32. The van der Waals surface area contributed by atoms with Gasteiger partial charge in [0.1, 0.15) is 5.75 Å². The minimum atomic E-state index is -1.31. The van der Waals surface area contributed by atoms with Crippen LogP contribution in [-0.2, 0) is 0 Å². The maximum atomic E-state index is 12.1. The number of benzene rings is 1. The highest BCUT2D eigenvalue weighted by atomic mass is 35.5. The van der Waals surface area contributed by atoms with Crippen molar-refractivity contribution < 1.29 is 23.8 Å². The Morgan fingerprint density at radius 3 is 2.46 bits per heavy atom. The SMILES string of the molecule is C/C=C\c1oc(C(=O)O)cc(=O)c1OCCCCCOc1ccc(Cl)c(Cl)c1. The zero-order chi connectivity index (χ0) is 20.5. The Hall–Kier alpha value is -2.44. The normalized spacial score (nSPS) is 11.0. The molecule has 1 heterocycles. The topological polar surface area (TPSA) is 86.0 Å². The predicted octanol–water partition coefficient (Wildman–Crippen LogP) is 5.31. The summed E-state index contributed by atoms with van der Waals surface area (Å²) in [6.45, 7) is 2.54. The molecule has 0 aliphatic carbocycles. The Morgan fingerprint density at radius 2 is 1.82 bits per heavy atom. The van der Waals surface area contributed by atoms with E-state index in [4.69, 9.17) is 42.2 Å². The Kier molecular flexibility index (Phi) is 8.42. The molecule has 0 radical (unpaired) electrons. The third kappa shape index (κ3) is 6.32. The number of ether oxygens (including phenoxy) is 2. The number of halogens is 2. The molecular formula is C20H20Cl2O6. The molecule has 2 rings (SSSR count). The van der Waals surface area contributed by atoms with Gasteiger partial charge in [-0.25, -0.2) is 4.79 Å². The van der Waals surface area contributed by atoms with Crippen LogP contribution < -0.4 is 14.9 Å². The van der Waals surface area contributed by atoms with E-state index >= 15 is 0 Å². The second-order valence-electron chi connectivity index (χ2n) is 5.81. The molecule has 0 fully saturated rings. The lowest BCUT2D eigenvalue weighted by Crippen LogP contribution is -2.13. The number of carboxylic acids is 1. The molecule has 0 unspecified atom stereocenters. The molecule has 1 aromatic heterocycles. The van der Waals surface area contributed by atoms with Crippen LogP contribution in [0.4, 0.5) is 0 Å².